The van der Waals surface area contributed by atoms with Gasteiger partial charge in [-0.15, -0.1) is 0 Å². The molecule has 0 fully saturated rings. The summed E-state index contributed by atoms with van der Waals surface area (Å²) in [5, 5.41) is 5.99. The minimum Gasteiger partial charge on any atom is -0.365 e. The average Bonchev–Trinajstić information content (AvgIpc) is 2.57. The molecule has 0 unspecified atom stereocenters. The third kappa shape index (κ3) is 4.45. The van der Waals surface area contributed by atoms with Gasteiger partial charge in [0.25, 0.3) is 5.91 Å². The lowest BCUT2D eigenvalue weighted by molar-refractivity contribution is 0.100. The van der Waals surface area contributed by atoms with Crippen molar-refractivity contribution >= 4 is 23.2 Å². The molecule has 2 aromatic rings. The maximum atomic E-state index is 14.4. The van der Waals surface area contributed by atoms with Gasteiger partial charge < -0.3 is 22.1 Å². The topological polar surface area (TPSA) is 119 Å². The number of nitrogens with two attached hydrogens (primary N) is 2. The minimum atomic E-state index is -0.776. The van der Waals surface area contributed by atoms with Crippen molar-refractivity contribution in [2.45, 2.75) is 46.2 Å². The Kier molecular flexibility index (Phi) is 6.10. The SMILES string of the molecule is CC[C@@H](Nc1nc(Nc2cnc(C)c(C)c2)c(C(N)=O)cc1F)[C@H](C)N. The fraction of sp³-hybridized carbons (Fsp3) is 0.389. The molecule has 0 saturated heterocycles. The highest BCUT2D eigenvalue weighted by Gasteiger charge is 2.19. The highest BCUT2D eigenvalue weighted by atomic mass is 19.1. The van der Waals surface area contributed by atoms with E-state index in [2.05, 4.69) is 20.6 Å². The second-order valence-corrected chi connectivity index (χ2v) is 6.35. The molecule has 6 N–H and O–H groups in total. The Morgan fingerprint density at radius 1 is 1.31 bits per heavy atom. The Hall–Kier alpha value is -2.74. The summed E-state index contributed by atoms with van der Waals surface area (Å²) in [5.41, 5.74) is 13.7. The number of primary amides is 1. The third-order valence-electron chi connectivity index (χ3n) is 4.24. The summed E-state index contributed by atoms with van der Waals surface area (Å²) in [5.74, 6) is -1.27. The molecule has 0 spiro atoms. The molecule has 2 heterocycles. The number of aryl methyl sites for hydroxylation is 2. The monoisotopic (exact) mass is 360 g/mol. The zero-order valence-electron chi connectivity index (χ0n) is 15.4. The summed E-state index contributed by atoms with van der Waals surface area (Å²) in [6, 6.07) is 2.58. The van der Waals surface area contributed by atoms with Crippen LogP contribution in [0.25, 0.3) is 0 Å². The third-order valence-corrected chi connectivity index (χ3v) is 4.24. The van der Waals surface area contributed by atoms with Crippen LogP contribution in [0.15, 0.2) is 18.3 Å². The normalized spacial score (nSPS) is 13.2. The predicted molar refractivity (Wildman–Crippen MR) is 101 cm³/mol. The second kappa shape index (κ2) is 8.09. The number of carbonyl (C=O) groups excluding carboxylic acids is 1. The quantitative estimate of drug-likeness (QED) is 0.603. The van der Waals surface area contributed by atoms with Crippen LogP contribution in [0.4, 0.5) is 21.7 Å². The van der Waals surface area contributed by atoms with Gasteiger partial charge in [-0.25, -0.2) is 9.37 Å². The number of nitrogens with one attached hydrogen (secondary N) is 2. The summed E-state index contributed by atoms with van der Waals surface area (Å²) in [7, 11) is 0. The molecule has 0 aromatic carbocycles. The summed E-state index contributed by atoms with van der Waals surface area (Å²) in [4.78, 5) is 20.2. The first-order valence-electron chi connectivity index (χ1n) is 8.45. The summed E-state index contributed by atoms with van der Waals surface area (Å²) in [6.07, 6.45) is 2.31. The molecule has 2 aromatic heterocycles. The number of halogens is 1. The number of hydrogen-bond acceptors (Lipinski definition) is 6. The molecule has 8 heteroatoms. The van der Waals surface area contributed by atoms with Gasteiger partial charge >= 0.3 is 0 Å². The Morgan fingerprint density at radius 2 is 2.00 bits per heavy atom. The van der Waals surface area contributed by atoms with Crippen LogP contribution in [0.2, 0.25) is 0 Å². The fourth-order valence-electron chi connectivity index (χ4n) is 2.50. The van der Waals surface area contributed by atoms with E-state index in [9.17, 15) is 9.18 Å². The molecule has 2 atom stereocenters. The molecule has 0 saturated carbocycles. The maximum absolute atomic E-state index is 14.4. The van der Waals surface area contributed by atoms with E-state index in [0.717, 1.165) is 17.3 Å². The number of nitrogens with zero attached hydrogens (tertiary/aromatic N) is 2. The van der Waals surface area contributed by atoms with Gasteiger partial charge in [0.15, 0.2) is 11.6 Å². The molecule has 0 bridgehead atoms. The molecule has 7 nitrogen and oxygen atoms in total. The molecule has 1 amide bonds. The van der Waals surface area contributed by atoms with E-state index in [0.29, 0.717) is 12.1 Å². The Bertz CT molecular complexity index is 809. The number of amides is 1. The minimum absolute atomic E-state index is 0.0124. The van der Waals surface area contributed by atoms with E-state index in [1.165, 1.54) is 0 Å². The molecule has 0 radical (unpaired) electrons. The number of pyridine rings is 2. The van der Waals surface area contributed by atoms with E-state index >= 15 is 0 Å². The summed E-state index contributed by atoms with van der Waals surface area (Å²) >= 11 is 0. The standard InChI is InChI=1S/C18H25FN6O/c1-5-15(10(3)20)24-18-14(19)7-13(16(21)26)17(25-18)23-12-6-9(2)11(4)22-8-12/h6-8,10,15H,5,20H2,1-4H3,(H2,21,26)(H2,23,24,25)/t10-,15+/m0/s1. The van der Waals surface area contributed by atoms with Gasteiger partial charge in [0.05, 0.1) is 17.4 Å². The number of anilines is 3. The fourth-order valence-corrected chi connectivity index (χ4v) is 2.50. The van der Waals surface area contributed by atoms with Crippen LogP contribution in [0.1, 0.15) is 41.9 Å². The second-order valence-electron chi connectivity index (χ2n) is 6.35. The summed E-state index contributed by atoms with van der Waals surface area (Å²) < 4.78 is 14.4. The van der Waals surface area contributed by atoms with E-state index in [-0.39, 0.29) is 29.3 Å². The lowest BCUT2D eigenvalue weighted by Gasteiger charge is -2.22. The smallest absolute Gasteiger partial charge is 0.252 e. The van der Waals surface area contributed by atoms with Gasteiger partial charge in [0, 0.05) is 17.8 Å². The van der Waals surface area contributed by atoms with Gasteiger partial charge in [-0.3, -0.25) is 9.78 Å². The Morgan fingerprint density at radius 3 is 2.54 bits per heavy atom. The van der Waals surface area contributed by atoms with Crippen molar-refractivity contribution in [3.05, 3.63) is 41.0 Å². The van der Waals surface area contributed by atoms with E-state index in [1.807, 2.05) is 33.8 Å². The first-order valence-corrected chi connectivity index (χ1v) is 8.45. The van der Waals surface area contributed by atoms with Crippen LogP contribution in [0.3, 0.4) is 0 Å². The van der Waals surface area contributed by atoms with Crippen LogP contribution in [0.5, 0.6) is 0 Å². The average molecular weight is 360 g/mol. The molecule has 2 rings (SSSR count). The van der Waals surface area contributed by atoms with Crippen molar-refractivity contribution in [1.82, 2.24) is 9.97 Å². The maximum Gasteiger partial charge on any atom is 0.252 e. The lowest BCUT2D eigenvalue weighted by atomic mass is 10.1. The molecule has 0 aliphatic heterocycles. The zero-order chi connectivity index (χ0) is 19.4. The number of rotatable bonds is 7. The predicted octanol–water partition coefficient (Wildman–Crippen LogP) is 2.61. The van der Waals surface area contributed by atoms with Crippen LogP contribution in [-0.4, -0.2) is 28.0 Å². The molecular weight excluding hydrogens is 335 g/mol. The molecule has 26 heavy (non-hydrogen) atoms. The molecule has 0 aliphatic rings. The zero-order valence-corrected chi connectivity index (χ0v) is 15.4. The van der Waals surface area contributed by atoms with Gasteiger partial charge in [0.1, 0.15) is 5.82 Å². The molecule has 0 aliphatic carbocycles. The number of carbonyl (C=O) groups is 1. The van der Waals surface area contributed by atoms with E-state index in [1.54, 1.807) is 6.20 Å². The number of aromatic nitrogens is 2. The summed E-state index contributed by atoms with van der Waals surface area (Å²) in [6.45, 7) is 7.58. The van der Waals surface area contributed by atoms with Gasteiger partial charge in [0.2, 0.25) is 0 Å². The van der Waals surface area contributed by atoms with Crippen molar-refractivity contribution in [3.8, 4) is 0 Å². The van der Waals surface area contributed by atoms with Crippen LogP contribution in [-0.2, 0) is 0 Å². The van der Waals surface area contributed by atoms with Crippen LogP contribution < -0.4 is 22.1 Å². The molecule has 140 valence electrons. The largest absolute Gasteiger partial charge is 0.365 e. The van der Waals surface area contributed by atoms with E-state index in [4.69, 9.17) is 11.5 Å². The first-order chi connectivity index (χ1) is 12.2. The Balaban J connectivity index is 2.43. The highest BCUT2D eigenvalue weighted by Crippen LogP contribution is 2.25. The van der Waals surface area contributed by atoms with Gasteiger partial charge in [-0.1, -0.05) is 6.92 Å². The van der Waals surface area contributed by atoms with Crippen molar-refractivity contribution in [3.63, 3.8) is 0 Å². The van der Waals surface area contributed by atoms with Crippen LogP contribution in [0, 0.1) is 19.7 Å². The van der Waals surface area contributed by atoms with Crippen molar-refractivity contribution in [2.24, 2.45) is 11.5 Å². The highest BCUT2D eigenvalue weighted by molar-refractivity contribution is 5.98. The lowest BCUT2D eigenvalue weighted by Crippen LogP contribution is -2.38. The van der Waals surface area contributed by atoms with Gasteiger partial charge in [-0.05, 0) is 44.9 Å². The molecular formula is C18H25FN6O. The van der Waals surface area contributed by atoms with Crippen molar-refractivity contribution < 1.29 is 9.18 Å². The Labute approximate surface area is 152 Å². The van der Waals surface area contributed by atoms with Crippen molar-refractivity contribution in [1.29, 1.82) is 0 Å². The first kappa shape index (κ1) is 19.6. The van der Waals surface area contributed by atoms with Crippen LogP contribution >= 0.6 is 0 Å². The van der Waals surface area contributed by atoms with Crippen molar-refractivity contribution in [2.75, 3.05) is 10.6 Å². The van der Waals surface area contributed by atoms with Gasteiger partial charge in [-0.2, -0.15) is 0 Å². The number of hydrogen-bond donors (Lipinski definition) is 4. The van der Waals surface area contributed by atoms with E-state index < -0.39 is 11.7 Å².